The number of nitrogens with zero attached hydrogens (tertiary/aromatic N) is 4. The number of aromatic nitrogens is 4. The fourth-order valence-electron chi connectivity index (χ4n) is 3.63. The molecule has 1 aliphatic heterocycles. The standard InChI is InChI=1S/C20H13BF2N4/c22-21(23)18-17(14-8-2-1-3-9-14)19(15-10-4-6-12-24-15)25-26-20(18)16-11-5-7-13-27(16)21/h1-13H. The van der Waals surface area contributed by atoms with Gasteiger partial charge in [-0.25, -0.2) is 0 Å². The van der Waals surface area contributed by atoms with E-state index in [4.69, 9.17) is 0 Å². The van der Waals surface area contributed by atoms with Crippen molar-refractivity contribution in [1.82, 2.24) is 15.2 Å². The first-order valence-electron chi connectivity index (χ1n) is 8.58. The van der Waals surface area contributed by atoms with Crippen LogP contribution in [0.25, 0.3) is 33.9 Å². The Hall–Kier alpha value is -3.48. The summed E-state index contributed by atoms with van der Waals surface area (Å²) in [6, 6.07) is 19.4. The highest BCUT2D eigenvalue weighted by Gasteiger charge is 2.53. The van der Waals surface area contributed by atoms with Gasteiger partial charge in [0.2, 0.25) is 0 Å². The van der Waals surface area contributed by atoms with Crippen molar-refractivity contribution in [2.24, 2.45) is 0 Å². The molecule has 0 saturated heterocycles. The molecule has 0 fully saturated rings. The summed E-state index contributed by atoms with van der Waals surface area (Å²) < 4.78 is 32.0. The molecule has 0 N–H and O–H groups in total. The van der Waals surface area contributed by atoms with Gasteiger partial charge in [-0.2, -0.15) is 0 Å². The van der Waals surface area contributed by atoms with Gasteiger partial charge in [0.15, 0.2) is 5.69 Å². The Bertz CT molecular complexity index is 1150. The molecule has 130 valence electrons. The fraction of sp³-hybridized carbons (Fsp3) is 0. The molecule has 5 rings (SSSR count). The summed E-state index contributed by atoms with van der Waals surface area (Å²) in [5.41, 5.74) is 2.43. The van der Waals surface area contributed by atoms with Crippen LogP contribution in [0.15, 0.2) is 79.1 Å². The van der Waals surface area contributed by atoms with Crippen LogP contribution in [0.1, 0.15) is 0 Å². The van der Waals surface area contributed by atoms with E-state index >= 15 is 8.63 Å². The second-order valence-electron chi connectivity index (χ2n) is 6.39. The van der Waals surface area contributed by atoms with Gasteiger partial charge >= 0.3 is 6.84 Å². The molecule has 0 atom stereocenters. The molecule has 0 amide bonds. The smallest absolute Gasteiger partial charge is 0.408 e. The molecule has 0 bridgehead atoms. The van der Waals surface area contributed by atoms with Gasteiger partial charge < -0.3 is 13.1 Å². The van der Waals surface area contributed by atoms with Crippen LogP contribution < -0.4 is 9.94 Å². The topological polar surface area (TPSA) is 42.6 Å². The molecule has 0 aliphatic carbocycles. The van der Waals surface area contributed by atoms with Crippen molar-refractivity contribution in [3.63, 3.8) is 0 Å². The summed E-state index contributed by atoms with van der Waals surface area (Å²) in [5, 5.41) is 8.50. The number of pyridine rings is 2. The van der Waals surface area contributed by atoms with E-state index in [0.29, 0.717) is 28.2 Å². The van der Waals surface area contributed by atoms with Crippen molar-refractivity contribution in [2.45, 2.75) is 0 Å². The highest BCUT2D eigenvalue weighted by Crippen LogP contribution is 2.34. The molecule has 0 unspecified atom stereocenters. The van der Waals surface area contributed by atoms with E-state index in [1.165, 1.54) is 6.20 Å². The summed E-state index contributed by atoms with van der Waals surface area (Å²) in [4.78, 5) is 4.31. The Morgan fingerprint density at radius 1 is 0.778 bits per heavy atom. The van der Waals surface area contributed by atoms with E-state index in [1.807, 2.05) is 30.3 Å². The molecule has 1 aliphatic rings. The molecule has 4 heterocycles. The number of hydrogen-bond acceptors (Lipinski definition) is 3. The maximum Gasteiger partial charge on any atom is 0.647 e. The van der Waals surface area contributed by atoms with Gasteiger partial charge in [-0.05, 0) is 34.8 Å². The van der Waals surface area contributed by atoms with Crippen LogP contribution in [-0.2, 0) is 0 Å². The third-order valence-electron chi connectivity index (χ3n) is 4.81. The van der Waals surface area contributed by atoms with E-state index in [9.17, 15) is 0 Å². The van der Waals surface area contributed by atoms with Gasteiger partial charge in [0, 0.05) is 12.3 Å². The van der Waals surface area contributed by atoms with Gasteiger partial charge in [-0.15, -0.1) is 10.2 Å². The monoisotopic (exact) mass is 358 g/mol. The van der Waals surface area contributed by atoms with Gasteiger partial charge in [0.25, 0.3) is 0 Å². The van der Waals surface area contributed by atoms with Crippen LogP contribution in [0.3, 0.4) is 0 Å². The van der Waals surface area contributed by atoms with Gasteiger partial charge in [-0.3, -0.25) is 4.98 Å². The molecule has 3 aromatic heterocycles. The van der Waals surface area contributed by atoms with E-state index < -0.39 is 6.84 Å². The predicted octanol–water partition coefficient (Wildman–Crippen LogP) is 3.11. The van der Waals surface area contributed by atoms with Crippen molar-refractivity contribution >= 4 is 12.3 Å². The number of halogens is 2. The first-order valence-corrected chi connectivity index (χ1v) is 8.58. The summed E-state index contributed by atoms with van der Waals surface area (Å²) in [7, 11) is 0. The minimum atomic E-state index is -4.03. The van der Waals surface area contributed by atoms with Crippen molar-refractivity contribution in [1.29, 1.82) is 0 Å². The van der Waals surface area contributed by atoms with Crippen molar-refractivity contribution in [3.8, 4) is 33.9 Å². The molecule has 7 heteroatoms. The molecule has 0 spiro atoms. The largest absolute Gasteiger partial charge is 0.647 e. The highest BCUT2D eigenvalue weighted by molar-refractivity contribution is 6.76. The maximum absolute atomic E-state index is 15.5. The lowest BCUT2D eigenvalue weighted by Crippen LogP contribution is -2.63. The molecule has 0 saturated carbocycles. The number of benzene rings is 1. The molecule has 0 radical (unpaired) electrons. The van der Waals surface area contributed by atoms with Crippen LogP contribution in [0.5, 0.6) is 0 Å². The molecule has 4 nitrogen and oxygen atoms in total. The fourth-order valence-corrected chi connectivity index (χ4v) is 3.63. The maximum atomic E-state index is 15.5. The highest BCUT2D eigenvalue weighted by atomic mass is 19.2. The average Bonchev–Trinajstić information content (AvgIpc) is 2.96. The lowest BCUT2D eigenvalue weighted by atomic mass is 9.68. The molecular formula is C20H13BF2N4. The molecule has 4 aromatic rings. The van der Waals surface area contributed by atoms with E-state index in [1.54, 1.807) is 42.6 Å². The third kappa shape index (κ3) is 2.28. The molecule has 27 heavy (non-hydrogen) atoms. The van der Waals surface area contributed by atoms with Gasteiger partial charge in [0.1, 0.15) is 17.6 Å². The van der Waals surface area contributed by atoms with Crippen LogP contribution in [0.2, 0.25) is 0 Å². The van der Waals surface area contributed by atoms with Gasteiger partial charge in [0.05, 0.1) is 5.69 Å². The van der Waals surface area contributed by atoms with Crippen LogP contribution in [0, 0.1) is 0 Å². The first-order chi connectivity index (χ1) is 13.2. The zero-order chi connectivity index (χ0) is 18.4. The Labute approximate surface area is 154 Å². The van der Waals surface area contributed by atoms with Crippen molar-refractivity contribution < 1.29 is 13.1 Å². The number of hydrogen-bond donors (Lipinski definition) is 0. The Morgan fingerprint density at radius 3 is 2.30 bits per heavy atom. The quantitative estimate of drug-likeness (QED) is 0.517. The predicted molar refractivity (Wildman–Crippen MR) is 99.3 cm³/mol. The summed E-state index contributed by atoms with van der Waals surface area (Å²) in [5.74, 6) is 0. The lowest BCUT2D eigenvalue weighted by molar-refractivity contribution is -0.547. The molecule has 1 aromatic carbocycles. The Balaban J connectivity index is 1.90. The number of fused-ring (bicyclic) bond motifs is 3. The van der Waals surface area contributed by atoms with E-state index in [0.717, 1.165) is 4.48 Å². The van der Waals surface area contributed by atoms with Gasteiger partial charge in [-0.1, -0.05) is 42.5 Å². The van der Waals surface area contributed by atoms with Crippen LogP contribution >= 0.6 is 0 Å². The second-order valence-corrected chi connectivity index (χ2v) is 6.39. The zero-order valence-corrected chi connectivity index (χ0v) is 14.1. The Morgan fingerprint density at radius 2 is 1.52 bits per heavy atom. The average molecular weight is 358 g/mol. The third-order valence-corrected chi connectivity index (χ3v) is 4.81. The van der Waals surface area contributed by atoms with Crippen LogP contribution in [-0.4, -0.2) is 22.0 Å². The summed E-state index contributed by atoms with van der Waals surface area (Å²) in [6.45, 7) is -4.03. The van der Waals surface area contributed by atoms with E-state index in [-0.39, 0.29) is 11.2 Å². The summed E-state index contributed by atoms with van der Waals surface area (Å²) >= 11 is 0. The number of rotatable bonds is 2. The van der Waals surface area contributed by atoms with Crippen molar-refractivity contribution in [2.75, 3.05) is 0 Å². The second kappa shape index (κ2) is 5.77. The summed E-state index contributed by atoms with van der Waals surface area (Å²) in [6.07, 6.45) is 3.01. The Kier molecular flexibility index (Phi) is 3.37. The first kappa shape index (κ1) is 15.8. The van der Waals surface area contributed by atoms with E-state index in [2.05, 4.69) is 15.2 Å². The minimum Gasteiger partial charge on any atom is -0.408 e. The normalized spacial score (nSPS) is 13.9. The SMILES string of the molecule is F[B-]1(F)c2c(nnc(-c3ccccn3)c2-c2ccccc2)-c2cccc[n+]21. The van der Waals surface area contributed by atoms with Crippen molar-refractivity contribution in [3.05, 3.63) is 79.1 Å². The van der Waals surface area contributed by atoms with Crippen LogP contribution in [0.4, 0.5) is 8.63 Å². The lowest BCUT2D eigenvalue weighted by Gasteiger charge is -2.18. The zero-order valence-electron chi connectivity index (χ0n) is 14.1. The molecular weight excluding hydrogens is 345 g/mol. The minimum absolute atomic E-state index is 0.0805.